The van der Waals surface area contributed by atoms with Crippen LogP contribution in [0.25, 0.3) is 0 Å². The molecule has 2 aromatic carbocycles. The summed E-state index contributed by atoms with van der Waals surface area (Å²) in [6, 6.07) is 16.8. The van der Waals surface area contributed by atoms with Crippen LogP contribution in [0.5, 0.6) is 5.75 Å². The van der Waals surface area contributed by atoms with Crippen LogP contribution in [0, 0.1) is 0 Å². The van der Waals surface area contributed by atoms with E-state index >= 15 is 0 Å². The fourth-order valence-corrected chi connectivity index (χ4v) is 2.25. The average Bonchev–Trinajstić information content (AvgIpc) is 2.48. The summed E-state index contributed by atoms with van der Waals surface area (Å²) in [5.41, 5.74) is 3.89. The van der Waals surface area contributed by atoms with E-state index in [0.717, 1.165) is 18.7 Å². The van der Waals surface area contributed by atoms with Gasteiger partial charge in [0.1, 0.15) is 5.75 Å². The lowest BCUT2D eigenvalue weighted by Gasteiger charge is -2.12. The Morgan fingerprint density at radius 3 is 2.40 bits per heavy atom. The molecule has 0 saturated carbocycles. The predicted molar refractivity (Wildman–Crippen MR) is 85.4 cm³/mol. The van der Waals surface area contributed by atoms with Gasteiger partial charge in [-0.15, -0.1) is 0 Å². The van der Waals surface area contributed by atoms with Crippen molar-refractivity contribution in [1.29, 1.82) is 0 Å². The van der Waals surface area contributed by atoms with Crippen LogP contribution < -0.4 is 10.1 Å². The summed E-state index contributed by atoms with van der Waals surface area (Å²) in [6.07, 6.45) is 2.29. The van der Waals surface area contributed by atoms with Crippen LogP contribution in [0.3, 0.4) is 0 Å². The quantitative estimate of drug-likeness (QED) is 0.790. The van der Waals surface area contributed by atoms with E-state index in [4.69, 9.17) is 4.74 Å². The van der Waals surface area contributed by atoms with E-state index in [0.29, 0.717) is 6.61 Å². The monoisotopic (exact) mass is 269 g/mol. The normalized spacial score (nSPS) is 10.3. The molecule has 0 saturated heterocycles. The summed E-state index contributed by atoms with van der Waals surface area (Å²) in [5.74, 6) is 0.933. The van der Waals surface area contributed by atoms with E-state index in [1.165, 1.54) is 23.2 Å². The molecule has 0 aliphatic heterocycles. The van der Waals surface area contributed by atoms with Gasteiger partial charge in [-0.2, -0.15) is 0 Å². The summed E-state index contributed by atoms with van der Waals surface area (Å²) in [7, 11) is 0. The summed E-state index contributed by atoms with van der Waals surface area (Å²) in [5, 5.41) is 3.53. The molecule has 2 aromatic rings. The molecule has 0 aromatic heterocycles. The first-order valence-corrected chi connectivity index (χ1v) is 7.37. The summed E-state index contributed by atoms with van der Waals surface area (Å²) < 4.78 is 5.45. The molecular weight excluding hydrogens is 246 g/mol. The van der Waals surface area contributed by atoms with Gasteiger partial charge < -0.3 is 10.1 Å². The van der Waals surface area contributed by atoms with Crippen LogP contribution in [0.4, 0.5) is 5.69 Å². The SMILES string of the molecule is CCCc1ccccc1NCc1ccc(OCC)cc1. The first-order chi connectivity index (χ1) is 9.83. The molecule has 0 radical (unpaired) electrons. The molecule has 0 spiro atoms. The molecular formula is C18H23NO. The van der Waals surface area contributed by atoms with Gasteiger partial charge in [-0.05, 0) is 42.7 Å². The lowest BCUT2D eigenvalue weighted by molar-refractivity contribution is 0.340. The van der Waals surface area contributed by atoms with Gasteiger partial charge in [0.25, 0.3) is 0 Å². The smallest absolute Gasteiger partial charge is 0.119 e. The van der Waals surface area contributed by atoms with Gasteiger partial charge in [0, 0.05) is 12.2 Å². The summed E-state index contributed by atoms with van der Waals surface area (Å²) in [6.45, 7) is 5.76. The highest BCUT2D eigenvalue weighted by Crippen LogP contribution is 2.18. The Kier molecular flexibility index (Phi) is 5.48. The lowest BCUT2D eigenvalue weighted by Crippen LogP contribution is -2.02. The topological polar surface area (TPSA) is 21.3 Å². The van der Waals surface area contributed by atoms with Gasteiger partial charge in [-0.3, -0.25) is 0 Å². The Morgan fingerprint density at radius 2 is 1.70 bits per heavy atom. The van der Waals surface area contributed by atoms with Gasteiger partial charge in [-0.1, -0.05) is 43.7 Å². The van der Waals surface area contributed by atoms with Gasteiger partial charge in [0.05, 0.1) is 6.61 Å². The second-order valence-electron chi connectivity index (χ2n) is 4.84. The van der Waals surface area contributed by atoms with E-state index in [2.05, 4.69) is 48.6 Å². The molecule has 0 bridgehead atoms. The fraction of sp³-hybridized carbons (Fsp3) is 0.333. The van der Waals surface area contributed by atoms with Crippen molar-refractivity contribution in [3.05, 3.63) is 59.7 Å². The van der Waals surface area contributed by atoms with Crippen LogP contribution in [-0.2, 0) is 13.0 Å². The zero-order valence-electron chi connectivity index (χ0n) is 12.4. The highest BCUT2D eigenvalue weighted by Gasteiger charge is 2.01. The molecule has 0 unspecified atom stereocenters. The number of ether oxygens (including phenoxy) is 1. The highest BCUT2D eigenvalue weighted by molar-refractivity contribution is 5.51. The number of hydrogen-bond acceptors (Lipinski definition) is 2. The van der Waals surface area contributed by atoms with Crippen LogP contribution in [-0.4, -0.2) is 6.61 Å². The summed E-state index contributed by atoms with van der Waals surface area (Å²) in [4.78, 5) is 0. The standard InChI is InChI=1S/C18H23NO/c1-3-7-16-8-5-6-9-18(16)19-14-15-10-12-17(13-11-15)20-4-2/h5-6,8-13,19H,3-4,7,14H2,1-2H3. The Hall–Kier alpha value is -1.96. The van der Waals surface area contributed by atoms with Gasteiger partial charge >= 0.3 is 0 Å². The Balaban J connectivity index is 1.97. The number of anilines is 1. The van der Waals surface area contributed by atoms with Crippen LogP contribution in [0.2, 0.25) is 0 Å². The minimum absolute atomic E-state index is 0.710. The van der Waals surface area contributed by atoms with Crippen molar-refractivity contribution in [3.63, 3.8) is 0 Å². The Bertz CT molecular complexity index is 519. The van der Waals surface area contributed by atoms with E-state index < -0.39 is 0 Å². The lowest BCUT2D eigenvalue weighted by atomic mass is 10.1. The molecule has 0 fully saturated rings. The number of rotatable bonds is 7. The molecule has 2 heteroatoms. The molecule has 106 valence electrons. The molecule has 20 heavy (non-hydrogen) atoms. The van der Waals surface area contributed by atoms with Crippen molar-refractivity contribution >= 4 is 5.69 Å². The van der Waals surface area contributed by atoms with Crippen molar-refractivity contribution in [2.75, 3.05) is 11.9 Å². The molecule has 2 nitrogen and oxygen atoms in total. The highest BCUT2D eigenvalue weighted by atomic mass is 16.5. The first kappa shape index (κ1) is 14.4. The van der Waals surface area contributed by atoms with E-state index in [1.807, 2.05) is 19.1 Å². The zero-order chi connectivity index (χ0) is 14.2. The molecule has 2 rings (SSSR count). The van der Waals surface area contributed by atoms with E-state index in [-0.39, 0.29) is 0 Å². The number of nitrogens with one attached hydrogen (secondary N) is 1. The predicted octanol–water partition coefficient (Wildman–Crippen LogP) is 4.65. The molecule has 0 heterocycles. The molecule has 1 N–H and O–H groups in total. The second kappa shape index (κ2) is 7.59. The van der Waals surface area contributed by atoms with Crippen LogP contribution >= 0.6 is 0 Å². The van der Waals surface area contributed by atoms with E-state index in [9.17, 15) is 0 Å². The van der Waals surface area contributed by atoms with Crippen molar-refractivity contribution < 1.29 is 4.74 Å². The minimum atomic E-state index is 0.710. The van der Waals surface area contributed by atoms with Crippen LogP contribution in [0.1, 0.15) is 31.4 Å². The Morgan fingerprint density at radius 1 is 0.950 bits per heavy atom. The first-order valence-electron chi connectivity index (χ1n) is 7.37. The Labute approximate surface area is 121 Å². The number of para-hydroxylation sites is 1. The van der Waals surface area contributed by atoms with Gasteiger partial charge in [-0.25, -0.2) is 0 Å². The zero-order valence-corrected chi connectivity index (χ0v) is 12.4. The van der Waals surface area contributed by atoms with Crippen LogP contribution in [0.15, 0.2) is 48.5 Å². The van der Waals surface area contributed by atoms with Crippen molar-refractivity contribution in [3.8, 4) is 5.75 Å². The fourth-order valence-electron chi connectivity index (χ4n) is 2.25. The van der Waals surface area contributed by atoms with Gasteiger partial charge in [0.2, 0.25) is 0 Å². The van der Waals surface area contributed by atoms with Crippen molar-refractivity contribution in [2.45, 2.75) is 33.2 Å². The molecule has 0 aliphatic rings. The van der Waals surface area contributed by atoms with E-state index in [1.54, 1.807) is 0 Å². The maximum Gasteiger partial charge on any atom is 0.119 e. The third-order valence-electron chi connectivity index (χ3n) is 3.25. The number of hydrogen-bond donors (Lipinski definition) is 1. The number of benzene rings is 2. The second-order valence-corrected chi connectivity index (χ2v) is 4.84. The van der Waals surface area contributed by atoms with Gasteiger partial charge in [0.15, 0.2) is 0 Å². The maximum absolute atomic E-state index is 5.45. The minimum Gasteiger partial charge on any atom is -0.494 e. The number of aryl methyl sites for hydroxylation is 1. The molecule has 0 aliphatic carbocycles. The average molecular weight is 269 g/mol. The van der Waals surface area contributed by atoms with Crippen molar-refractivity contribution in [2.24, 2.45) is 0 Å². The third kappa shape index (κ3) is 4.02. The molecule has 0 amide bonds. The van der Waals surface area contributed by atoms with Crippen molar-refractivity contribution in [1.82, 2.24) is 0 Å². The molecule has 0 atom stereocenters. The largest absolute Gasteiger partial charge is 0.494 e. The maximum atomic E-state index is 5.45. The third-order valence-corrected chi connectivity index (χ3v) is 3.25. The summed E-state index contributed by atoms with van der Waals surface area (Å²) >= 11 is 0.